The van der Waals surface area contributed by atoms with E-state index < -0.39 is 5.60 Å². The van der Waals surface area contributed by atoms with Gasteiger partial charge in [-0.1, -0.05) is 32.1 Å². The molecule has 0 atom stereocenters. The lowest BCUT2D eigenvalue weighted by atomic mass is 9.99. The van der Waals surface area contributed by atoms with Crippen molar-refractivity contribution in [1.82, 2.24) is 4.90 Å². The Balaban J connectivity index is 0.00000116. The lowest BCUT2D eigenvalue weighted by molar-refractivity contribution is 0.0270. The van der Waals surface area contributed by atoms with Crippen LogP contribution in [0.5, 0.6) is 0 Å². The maximum atomic E-state index is 12.0. The summed E-state index contributed by atoms with van der Waals surface area (Å²) in [6.07, 6.45) is 2.64. The molecule has 0 radical (unpaired) electrons. The highest BCUT2D eigenvalue weighted by atomic mass is 16.6. The van der Waals surface area contributed by atoms with Crippen LogP contribution in [0.15, 0.2) is 30.3 Å². The SMILES string of the molecule is CC.CC(C)(C)OC(=O)N1CC=C(c2cccc(N)c2)CC1. The lowest BCUT2D eigenvalue weighted by Crippen LogP contribution is -2.39. The highest BCUT2D eigenvalue weighted by Gasteiger charge is 2.23. The highest BCUT2D eigenvalue weighted by Crippen LogP contribution is 2.24. The molecule has 4 nitrogen and oxygen atoms in total. The summed E-state index contributed by atoms with van der Waals surface area (Å²) in [5.41, 5.74) is 8.48. The molecular formula is C18H28N2O2. The van der Waals surface area contributed by atoms with Gasteiger partial charge in [0.25, 0.3) is 0 Å². The van der Waals surface area contributed by atoms with Gasteiger partial charge in [-0.3, -0.25) is 0 Å². The van der Waals surface area contributed by atoms with Crippen molar-refractivity contribution in [3.8, 4) is 0 Å². The summed E-state index contributed by atoms with van der Waals surface area (Å²) >= 11 is 0. The number of benzene rings is 1. The van der Waals surface area contributed by atoms with Crippen LogP contribution in [-0.4, -0.2) is 29.7 Å². The first-order valence-electron chi connectivity index (χ1n) is 7.88. The van der Waals surface area contributed by atoms with Crippen LogP contribution >= 0.6 is 0 Å². The molecule has 1 aliphatic rings. The Labute approximate surface area is 133 Å². The minimum Gasteiger partial charge on any atom is -0.444 e. The Bertz CT molecular complexity index is 530. The van der Waals surface area contributed by atoms with E-state index in [1.54, 1.807) is 4.90 Å². The second-order valence-corrected chi connectivity index (χ2v) is 6.03. The van der Waals surface area contributed by atoms with Gasteiger partial charge in [0.05, 0.1) is 0 Å². The Hall–Kier alpha value is -1.97. The molecule has 0 fully saturated rings. The van der Waals surface area contributed by atoms with E-state index in [2.05, 4.69) is 6.08 Å². The van der Waals surface area contributed by atoms with Crippen LogP contribution in [-0.2, 0) is 4.74 Å². The number of hydrogen-bond acceptors (Lipinski definition) is 3. The van der Waals surface area contributed by atoms with Crippen molar-refractivity contribution in [2.24, 2.45) is 0 Å². The molecule has 1 aliphatic heterocycles. The summed E-state index contributed by atoms with van der Waals surface area (Å²) in [6.45, 7) is 10.9. The highest BCUT2D eigenvalue weighted by molar-refractivity contribution is 5.73. The van der Waals surface area contributed by atoms with Gasteiger partial charge in [0.1, 0.15) is 5.60 Å². The van der Waals surface area contributed by atoms with Gasteiger partial charge >= 0.3 is 6.09 Å². The number of rotatable bonds is 1. The van der Waals surface area contributed by atoms with Crippen LogP contribution in [0.3, 0.4) is 0 Å². The fourth-order valence-electron chi connectivity index (χ4n) is 2.16. The van der Waals surface area contributed by atoms with Crippen LogP contribution in [0.2, 0.25) is 0 Å². The minimum atomic E-state index is -0.449. The first-order chi connectivity index (χ1) is 10.3. The molecule has 0 spiro atoms. The van der Waals surface area contributed by atoms with Crippen LogP contribution in [0.25, 0.3) is 5.57 Å². The first-order valence-corrected chi connectivity index (χ1v) is 7.88. The number of anilines is 1. The first kappa shape index (κ1) is 18.1. The largest absolute Gasteiger partial charge is 0.444 e. The van der Waals surface area contributed by atoms with E-state index in [-0.39, 0.29) is 6.09 Å². The molecular weight excluding hydrogens is 276 g/mol. The van der Waals surface area contributed by atoms with Crippen LogP contribution in [0.4, 0.5) is 10.5 Å². The molecule has 0 saturated carbocycles. The van der Waals surface area contributed by atoms with Gasteiger partial charge in [-0.05, 0) is 50.5 Å². The molecule has 122 valence electrons. The number of nitrogen functional groups attached to an aromatic ring is 1. The van der Waals surface area contributed by atoms with Gasteiger partial charge in [0.2, 0.25) is 0 Å². The molecule has 1 aromatic rings. The van der Waals surface area contributed by atoms with Gasteiger partial charge in [0, 0.05) is 18.8 Å². The summed E-state index contributed by atoms with van der Waals surface area (Å²) in [4.78, 5) is 13.7. The summed E-state index contributed by atoms with van der Waals surface area (Å²) in [5.74, 6) is 0. The number of hydrogen-bond donors (Lipinski definition) is 1. The second kappa shape index (κ2) is 7.87. The van der Waals surface area contributed by atoms with Crippen LogP contribution < -0.4 is 5.73 Å². The summed E-state index contributed by atoms with van der Waals surface area (Å²) < 4.78 is 5.37. The third-order valence-corrected chi connectivity index (χ3v) is 3.12. The number of carbonyl (C=O) groups is 1. The molecule has 0 unspecified atom stereocenters. The van der Waals surface area contributed by atoms with Crippen molar-refractivity contribution < 1.29 is 9.53 Å². The summed E-state index contributed by atoms with van der Waals surface area (Å²) in [5, 5.41) is 0. The Morgan fingerprint density at radius 2 is 1.95 bits per heavy atom. The number of carbonyl (C=O) groups excluding carboxylic acids is 1. The zero-order chi connectivity index (χ0) is 16.8. The molecule has 4 heteroatoms. The van der Waals surface area contributed by atoms with Gasteiger partial charge in [-0.25, -0.2) is 4.79 Å². The van der Waals surface area contributed by atoms with E-state index in [9.17, 15) is 4.79 Å². The van der Waals surface area contributed by atoms with Crippen LogP contribution in [0, 0.1) is 0 Å². The predicted octanol–water partition coefficient (Wildman–Crippen LogP) is 4.32. The number of nitrogens with two attached hydrogens (primary N) is 1. The van der Waals surface area contributed by atoms with Gasteiger partial charge in [-0.15, -0.1) is 0 Å². The monoisotopic (exact) mass is 304 g/mol. The van der Waals surface area contributed by atoms with Crippen molar-refractivity contribution in [1.29, 1.82) is 0 Å². The average Bonchev–Trinajstić information content (AvgIpc) is 2.48. The lowest BCUT2D eigenvalue weighted by Gasteiger charge is -2.29. The van der Waals surface area contributed by atoms with Crippen molar-refractivity contribution in [2.75, 3.05) is 18.8 Å². The molecule has 1 aromatic carbocycles. The number of ether oxygens (including phenoxy) is 1. The quantitative estimate of drug-likeness (QED) is 0.786. The summed E-state index contributed by atoms with van der Waals surface area (Å²) in [6, 6.07) is 7.84. The predicted molar refractivity (Wildman–Crippen MR) is 92.6 cm³/mol. The van der Waals surface area contributed by atoms with Gasteiger partial charge in [0.15, 0.2) is 0 Å². The molecule has 0 bridgehead atoms. The Morgan fingerprint density at radius 3 is 2.45 bits per heavy atom. The van der Waals surface area contributed by atoms with E-state index in [1.165, 1.54) is 5.57 Å². The molecule has 0 aromatic heterocycles. The fourth-order valence-corrected chi connectivity index (χ4v) is 2.16. The molecule has 1 amide bonds. The van der Waals surface area contributed by atoms with E-state index in [4.69, 9.17) is 10.5 Å². The van der Waals surface area contributed by atoms with Crippen LogP contribution in [0.1, 0.15) is 46.6 Å². The van der Waals surface area contributed by atoms with E-state index in [1.807, 2.05) is 58.9 Å². The normalized spacial score (nSPS) is 14.6. The maximum absolute atomic E-state index is 12.0. The number of nitrogens with zero attached hydrogens (tertiary/aromatic N) is 1. The van der Waals surface area contributed by atoms with Gasteiger partial charge < -0.3 is 15.4 Å². The average molecular weight is 304 g/mol. The fraction of sp³-hybridized carbons (Fsp3) is 0.500. The molecule has 2 N–H and O–H groups in total. The molecule has 0 saturated heterocycles. The minimum absolute atomic E-state index is 0.250. The van der Waals surface area contributed by atoms with Crippen molar-refractivity contribution >= 4 is 17.4 Å². The van der Waals surface area contributed by atoms with Crippen molar-refractivity contribution in [3.63, 3.8) is 0 Å². The standard InChI is InChI=1S/C16H22N2O2.C2H6/c1-16(2,3)20-15(19)18-9-7-12(8-10-18)13-5-4-6-14(17)11-13;1-2/h4-7,11H,8-10,17H2,1-3H3;1-2H3. The third kappa shape index (κ3) is 5.43. The zero-order valence-corrected chi connectivity index (χ0v) is 14.3. The smallest absolute Gasteiger partial charge is 0.410 e. The Morgan fingerprint density at radius 1 is 1.27 bits per heavy atom. The second-order valence-electron chi connectivity index (χ2n) is 6.03. The summed E-state index contributed by atoms with van der Waals surface area (Å²) in [7, 11) is 0. The molecule has 0 aliphatic carbocycles. The maximum Gasteiger partial charge on any atom is 0.410 e. The topological polar surface area (TPSA) is 55.6 Å². The van der Waals surface area contributed by atoms with E-state index in [0.717, 1.165) is 17.7 Å². The number of amides is 1. The van der Waals surface area contributed by atoms with E-state index >= 15 is 0 Å². The zero-order valence-electron chi connectivity index (χ0n) is 14.3. The third-order valence-electron chi connectivity index (χ3n) is 3.12. The van der Waals surface area contributed by atoms with E-state index in [0.29, 0.717) is 13.1 Å². The van der Waals surface area contributed by atoms with Crippen molar-refractivity contribution in [2.45, 2.75) is 46.6 Å². The molecule has 1 heterocycles. The molecule has 2 rings (SSSR count). The van der Waals surface area contributed by atoms with Gasteiger partial charge in [-0.2, -0.15) is 0 Å². The van der Waals surface area contributed by atoms with Crippen molar-refractivity contribution in [3.05, 3.63) is 35.9 Å². The Kier molecular flexibility index (Phi) is 6.47. The molecule has 22 heavy (non-hydrogen) atoms.